The molecule has 3 N–H and O–H groups in total. The first-order chi connectivity index (χ1) is 10.7. The minimum absolute atomic E-state index is 0.0515. The molecular formula is C17H24N2O3. The van der Waals surface area contributed by atoms with E-state index in [-0.39, 0.29) is 11.9 Å². The van der Waals surface area contributed by atoms with Crippen molar-refractivity contribution in [2.75, 3.05) is 19.7 Å². The first-order valence-electron chi connectivity index (χ1n) is 8.08. The molecule has 0 unspecified atom stereocenters. The van der Waals surface area contributed by atoms with E-state index in [4.69, 9.17) is 4.74 Å². The smallest absolute Gasteiger partial charge is 0.223 e. The third-order valence-corrected chi connectivity index (χ3v) is 4.73. The van der Waals surface area contributed by atoms with E-state index in [1.165, 1.54) is 0 Å². The van der Waals surface area contributed by atoms with Crippen LogP contribution in [0.15, 0.2) is 30.3 Å². The maximum atomic E-state index is 12.0. The molecule has 22 heavy (non-hydrogen) atoms. The number of para-hydroxylation sites is 1. The predicted octanol–water partition coefficient (Wildman–Crippen LogP) is 0.931. The Morgan fingerprint density at radius 1 is 1.23 bits per heavy atom. The van der Waals surface area contributed by atoms with E-state index in [1.54, 1.807) is 0 Å². The number of aliphatic hydroxyl groups excluding tert-OH is 1. The van der Waals surface area contributed by atoms with Crippen LogP contribution in [-0.4, -0.2) is 42.9 Å². The summed E-state index contributed by atoms with van der Waals surface area (Å²) in [6.07, 6.45) is 1.53. The van der Waals surface area contributed by atoms with Gasteiger partial charge in [-0.3, -0.25) is 4.79 Å². The van der Waals surface area contributed by atoms with Crippen LogP contribution >= 0.6 is 0 Å². The van der Waals surface area contributed by atoms with Gasteiger partial charge >= 0.3 is 0 Å². The van der Waals surface area contributed by atoms with Gasteiger partial charge < -0.3 is 20.5 Å². The van der Waals surface area contributed by atoms with Crippen molar-refractivity contribution in [3.05, 3.63) is 30.3 Å². The Morgan fingerprint density at radius 3 is 2.73 bits per heavy atom. The molecule has 1 heterocycles. The molecule has 2 aliphatic rings. The fourth-order valence-corrected chi connectivity index (χ4v) is 3.51. The van der Waals surface area contributed by atoms with Crippen LogP contribution in [-0.2, 0) is 4.79 Å². The normalized spacial score (nSPS) is 30.6. The zero-order valence-corrected chi connectivity index (χ0v) is 12.7. The van der Waals surface area contributed by atoms with Gasteiger partial charge in [-0.15, -0.1) is 0 Å². The summed E-state index contributed by atoms with van der Waals surface area (Å²) < 4.78 is 5.53. The Kier molecular flexibility index (Phi) is 4.95. The van der Waals surface area contributed by atoms with Crippen LogP contribution in [0.5, 0.6) is 5.75 Å². The average Bonchev–Trinajstić information content (AvgIpc) is 2.96. The third-order valence-electron chi connectivity index (χ3n) is 4.73. The lowest BCUT2D eigenvalue weighted by molar-refractivity contribution is -0.123. The molecule has 1 aromatic rings. The Labute approximate surface area is 131 Å². The molecule has 5 heteroatoms. The SMILES string of the molecule is O=C(CCOc1ccccc1)N[C@H]1C[C@H]2CNC[C@H]2C[C@@H]1O. The van der Waals surface area contributed by atoms with Gasteiger partial charge in [-0.2, -0.15) is 0 Å². The van der Waals surface area contributed by atoms with E-state index in [9.17, 15) is 9.90 Å². The zero-order valence-electron chi connectivity index (χ0n) is 12.7. The van der Waals surface area contributed by atoms with Gasteiger partial charge in [-0.05, 0) is 49.9 Å². The van der Waals surface area contributed by atoms with Crippen LogP contribution in [0.1, 0.15) is 19.3 Å². The summed E-state index contributed by atoms with van der Waals surface area (Å²) in [5.74, 6) is 1.86. The fourth-order valence-electron chi connectivity index (χ4n) is 3.51. The molecule has 1 aliphatic heterocycles. The van der Waals surface area contributed by atoms with Crippen LogP contribution < -0.4 is 15.4 Å². The number of hydrogen-bond acceptors (Lipinski definition) is 4. The standard InChI is InChI=1S/C17H24N2O3/c20-16-9-13-11-18-10-12(13)8-15(16)19-17(21)6-7-22-14-4-2-1-3-5-14/h1-5,12-13,15-16,18,20H,6-11H2,(H,19,21)/t12-,13+,15-,16-/m0/s1. The highest BCUT2D eigenvalue weighted by molar-refractivity contribution is 5.76. The minimum atomic E-state index is -0.430. The Hall–Kier alpha value is -1.59. The Bertz CT molecular complexity index is 494. The summed E-state index contributed by atoms with van der Waals surface area (Å²) in [6.45, 7) is 2.35. The number of ether oxygens (including phenoxy) is 1. The summed E-state index contributed by atoms with van der Waals surface area (Å²) in [4.78, 5) is 12.0. The number of carbonyl (C=O) groups is 1. The second-order valence-corrected chi connectivity index (χ2v) is 6.30. The van der Waals surface area contributed by atoms with Gasteiger partial charge in [0.25, 0.3) is 0 Å². The number of amides is 1. The number of hydrogen-bond donors (Lipinski definition) is 3. The molecule has 5 nitrogen and oxygen atoms in total. The number of nitrogens with one attached hydrogen (secondary N) is 2. The van der Waals surface area contributed by atoms with Crippen molar-refractivity contribution in [2.45, 2.75) is 31.4 Å². The summed E-state index contributed by atoms with van der Waals surface area (Å²) in [7, 11) is 0. The van der Waals surface area contributed by atoms with Crippen LogP contribution in [0.25, 0.3) is 0 Å². The van der Waals surface area contributed by atoms with E-state index in [1.807, 2.05) is 30.3 Å². The molecular weight excluding hydrogens is 280 g/mol. The monoisotopic (exact) mass is 304 g/mol. The molecule has 1 aromatic carbocycles. The molecule has 0 bridgehead atoms. The Balaban J connectivity index is 1.41. The van der Waals surface area contributed by atoms with Crippen molar-refractivity contribution in [3.8, 4) is 5.75 Å². The number of benzene rings is 1. The fraction of sp³-hybridized carbons (Fsp3) is 0.588. The highest BCUT2D eigenvalue weighted by Gasteiger charge is 2.39. The van der Waals surface area contributed by atoms with Crippen LogP contribution in [0.2, 0.25) is 0 Å². The number of fused-ring (bicyclic) bond motifs is 1. The molecule has 1 saturated carbocycles. The third kappa shape index (κ3) is 3.78. The number of rotatable bonds is 5. The summed E-state index contributed by atoms with van der Waals surface area (Å²) in [5, 5.41) is 16.5. The highest BCUT2D eigenvalue weighted by atomic mass is 16.5. The predicted molar refractivity (Wildman–Crippen MR) is 83.6 cm³/mol. The highest BCUT2D eigenvalue weighted by Crippen LogP contribution is 2.32. The first-order valence-corrected chi connectivity index (χ1v) is 8.08. The molecule has 120 valence electrons. The lowest BCUT2D eigenvalue weighted by atomic mass is 9.77. The maximum Gasteiger partial charge on any atom is 0.223 e. The summed E-state index contributed by atoms with van der Waals surface area (Å²) in [6, 6.07) is 9.35. The topological polar surface area (TPSA) is 70.6 Å². The van der Waals surface area contributed by atoms with E-state index in [0.717, 1.165) is 31.7 Å². The van der Waals surface area contributed by atoms with E-state index >= 15 is 0 Å². The van der Waals surface area contributed by atoms with Crippen molar-refractivity contribution < 1.29 is 14.6 Å². The molecule has 3 rings (SSSR count). The van der Waals surface area contributed by atoms with Crippen molar-refractivity contribution in [3.63, 3.8) is 0 Å². The van der Waals surface area contributed by atoms with E-state index < -0.39 is 6.10 Å². The Morgan fingerprint density at radius 2 is 1.95 bits per heavy atom. The maximum absolute atomic E-state index is 12.0. The molecule has 4 atom stereocenters. The van der Waals surface area contributed by atoms with E-state index in [2.05, 4.69) is 10.6 Å². The molecule has 1 aliphatic carbocycles. The van der Waals surface area contributed by atoms with E-state index in [0.29, 0.717) is 24.9 Å². The van der Waals surface area contributed by atoms with Crippen molar-refractivity contribution >= 4 is 5.91 Å². The van der Waals surface area contributed by atoms with Gasteiger partial charge in [0.15, 0.2) is 0 Å². The van der Waals surface area contributed by atoms with Gasteiger partial charge in [0, 0.05) is 0 Å². The van der Waals surface area contributed by atoms with Gasteiger partial charge in [-0.25, -0.2) is 0 Å². The quantitative estimate of drug-likeness (QED) is 0.757. The van der Waals surface area contributed by atoms with Crippen LogP contribution in [0.3, 0.4) is 0 Å². The van der Waals surface area contributed by atoms with Crippen molar-refractivity contribution in [1.29, 1.82) is 0 Å². The second-order valence-electron chi connectivity index (χ2n) is 6.30. The minimum Gasteiger partial charge on any atom is -0.493 e. The molecule has 0 radical (unpaired) electrons. The molecule has 1 amide bonds. The lowest BCUT2D eigenvalue weighted by Gasteiger charge is -2.35. The molecule has 0 aromatic heterocycles. The van der Waals surface area contributed by atoms with Crippen LogP contribution in [0.4, 0.5) is 0 Å². The lowest BCUT2D eigenvalue weighted by Crippen LogP contribution is -2.49. The molecule has 2 fully saturated rings. The summed E-state index contributed by atoms with van der Waals surface area (Å²) in [5.41, 5.74) is 0. The van der Waals surface area contributed by atoms with Gasteiger partial charge in [0.1, 0.15) is 5.75 Å². The largest absolute Gasteiger partial charge is 0.493 e. The zero-order chi connectivity index (χ0) is 15.4. The van der Waals surface area contributed by atoms with Crippen molar-refractivity contribution in [2.24, 2.45) is 11.8 Å². The van der Waals surface area contributed by atoms with Gasteiger partial charge in [0.05, 0.1) is 25.2 Å². The second kappa shape index (κ2) is 7.11. The molecule has 1 saturated heterocycles. The number of carbonyl (C=O) groups excluding carboxylic acids is 1. The summed E-state index contributed by atoms with van der Waals surface area (Å²) >= 11 is 0. The average molecular weight is 304 g/mol. The molecule has 0 spiro atoms. The van der Waals surface area contributed by atoms with Gasteiger partial charge in [-0.1, -0.05) is 18.2 Å². The first kappa shape index (κ1) is 15.3. The van der Waals surface area contributed by atoms with Crippen LogP contribution in [0, 0.1) is 11.8 Å². The van der Waals surface area contributed by atoms with Gasteiger partial charge in [0.2, 0.25) is 5.91 Å². The number of aliphatic hydroxyl groups is 1. The van der Waals surface area contributed by atoms with Crippen molar-refractivity contribution in [1.82, 2.24) is 10.6 Å².